The van der Waals surface area contributed by atoms with Crippen molar-refractivity contribution >= 4 is 22.9 Å². The number of carbonyl (C=O) groups is 1. The molecule has 0 spiro atoms. The molecule has 0 aliphatic carbocycles. The first-order valence-corrected chi connectivity index (χ1v) is 7.96. The number of nitrogens with one attached hydrogen (secondary N) is 1. The average Bonchev–Trinajstić information content (AvgIpc) is 3.01. The molecule has 0 bridgehead atoms. The molecule has 1 amide bonds. The minimum absolute atomic E-state index is 0.188. The zero-order valence-electron chi connectivity index (χ0n) is 12.9. The molecule has 1 aromatic carbocycles. The highest BCUT2D eigenvalue weighted by atomic mass is 32.1. The second kappa shape index (κ2) is 6.62. The Labute approximate surface area is 138 Å². The summed E-state index contributed by atoms with van der Waals surface area (Å²) in [4.78, 5) is 19.2. The number of pyridine rings is 1. The number of methoxy groups -OCH3 is 1. The van der Waals surface area contributed by atoms with Crippen molar-refractivity contribution in [2.75, 3.05) is 12.4 Å². The standard InChI is InChI=1S/C18H16N2O2S/c1-12-8-9-16(23-12)17-15(7-4-10-19-17)18(21)20-13-5-3-6-14(11-13)22-2/h3-11H,1-2H3,(H,20,21). The predicted octanol–water partition coefficient (Wildman–Crippen LogP) is 4.38. The summed E-state index contributed by atoms with van der Waals surface area (Å²) < 4.78 is 5.18. The van der Waals surface area contributed by atoms with E-state index in [-0.39, 0.29) is 5.91 Å². The van der Waals surface area contributed by atoms with Crippen molar-refractivity contribution in [1.82, 2.24) is 4.98 Å². The molecule has 0 aliphatic rings. The van der Waals surface area contributed by atoms with E-state index < -0.39 is 0 Å². The third kappa shape index (κ3) is 3.40. The van der Waals surface area contributed by atoms with Crippen LogP contribution in [0.3, 0.4) is 0 Å². The minimum Gasteiger partial charge on any atom is -0.497 e. The number of rotatable bonds is 4. The molecule has 2 aromatic heterocycles. The SMILES string of the molecule is COc1cccc(NC(=O)c2cccnc2-c2ccc(C)s2)c1. The van der Waals surface area contributed by atoms with Crippen LogP contribution in [0.4, 0.5) is 5.69 Å². The average molecular weight is 324 g/mol. The Morgan fingerprint density at radius 2 is 2.04 bits per heavy atom. The molecule has 0 saturated carbocycles. The van der Waals surface area contributed by atoms with Gasteiger partial charge in [0.1, 0.15) is 5.75 Å². The van der Waals surface area contributed by atoms with Crippen LogP contribution in [0.1, 0.15) is 15.2 Å². The lowest BCUT2D eigenvalue weighted by atomic mass is 10.1. The molecule has 116 valence electrons. The maximum Gasteiger partial charge on any atom is 0.257 e. The molecular formula is C18H16N2O2S. The molecule has 0 aliphatic heterocycles. The summed E-state index contributed by atoms with van der Waals surface area (Å²) in [6.07, 6.45) is 1.70. The fourth-order valence-electron chi connectivity index (χ4n) is 2.25. The van der Waals surface area contributed by atoms with Crippen LogP contribution in [-0.4, -0.2) is 18.0 Å². The van der Waals surface area contributed by atoms with Gasteiger partial charge in [-0.15, -0.1) is 11.3 Å². The van der Waals surface area contributed by atoms with Gasteiger partial charge in [0.25, 0.3) is 5.91 Å². The van der Waals surface area contributed by atoms with Crippen LogP contribution in [0.5, 0.6) is 5.75 Å². The number of nitrogens with zero attached hydrogens (tertiary/aromatic N) is 1. The van der Waals surface area contributed by atoms with Gasteiger partial charge in [0, 0.05) is 22.8 Å². The van der Waals surface area contributed by atoms with E-state index >= 15 is 0 Å². The number of benzene rings is 1. The monoisotopic (exact) mass is 324 g/mol. The fraction of sp³-hybridized carbons (Fsp3) is 0.111. The lowest BCUT2D eigenvalue weighted by Crippen LogP contribution is -2.13. The fourth-order valence-corrected chi connectivity index (χ4v) is 3.12. The van der Waals surface area contributed by atoms with Crippen molar-refractivity contribution in [3.8, 4) is 16.3 Å². The summed E-state index contributed by atoms with van der Waals surface area (Å²) in [6, 6.07) is 14.8. The van der Waals surface area contributed by atoms with Crippen molar-refractivity contribution in [2.24, 2.45) is 0 Å². The lowest BCUT2D eigenvalue weighted by Gasteiger charge is -2.09. The number of anilines is 1. The second-order valence-corrected chi connectivity index (χ2v) is 6.28. The van der Waals surface area contributed by atoms with Gasteiger partial charge in [-0.25, -0.2) is 0 Å². The summed E-state index contributed by atoms with van der Waals surface area (Å²) in [5.74, 6) is 0.510. The summed E-state index contributed by atoms with van der Waals surface area (Å²) >= 11 is 1.62. The van der Waals surface area contributed by atoms with Gasteiger partial charge >= 0.3 is 0 Å². The van der Waals surface area contributed by atoms with Crippen LogP contribution in [0.15, 0.2) is 54.7 Å². The van der Waals surface area contributed by atoms with Gasteiger partial charge in [-0.1, -0.05) is 6.07 Å². The van der Waals surface area contributed by atoms with Gasteiger partial charge in [0.15, 0.2) is 0 Å². The van der Waals surface area contributed by atoms with E-state index in [2.05, 4.69) is 10.3 Å². The van der Waals surface area contributed by atoms with E-state index in [0.717, 1.165) is 4.88 Å². The van der Waals surface area contributed by atoms with Gasteiger partial charge in [-0.2, -0.15) is 0 Å². The number of thiophene rings is 1. The zero-order valence-corrected chi connectivity index (χ0v) is 13.7. The van der Waals surface area contributed by atoms with Gasteiger partial charge in [-0.05, 0) is 43.3 Å². The molecule has 0 atom stereocenters. The molecule has 23 heavy (non-hydrogen) atoms. The number of ether oxygens (including phenoxy) is 1. The van der Waals surface area contributed by atoms with Crippen molar-refractivity contribution < 1.29 is 9.53 Å². The van der Waals surface area contributed by atoms with Crippen LogP contribution >= 0.6 is 11.3 Å². The molecular weight excluding hydrogens is 308 g/mol. The molecule has 3 rings (SSSR count). The zero-order chi connectivity index (χ0) is 16.2. The normalized spacial score (nSPS) is 10.3. The van der Waals surface area contributed by atoms with Crippen LogP contribution in [0, 0.1) is 6.92 Å². The Morgan fingerprint density at radius 1 is 1.17 bits per heavy atom. The first kappa shape index (κ1) is 15.2. The Kier molecular flexibility index (Phi) is 4.39. The third-order valence-electron chi connectivity index (χ3n) is 3.35. The smallest absolute Gasteiger partial charge is 0.257 e. The Balaban J connectivity index is 1.91. The van der Waals surface area contributed by atoms with Crippen molar-refractivity contribution in [2.45, 2.75) is 6.92 Å². The van der Waals surface area contributed by atoms with Crippen molar-refractivity contribution in [3.63, 3.8) is 0 Å². The molecule has 2 heterocycles. The van der Waals surface area contributed by atoms with E-state index in [1.54, 1.807) is 42.8 Å². The Hall–Kier alpha value is -2.66. The van der Waals surface area contributed by atoms with E-state index in [9.17, 15) is 4.79 Å². The quantitative estimate of drug-likeness (QED) is 0.775. The number of carbonyl (C=O) groups excluding carboxylic acids is 1. The van der Waals surface area contributed by atoms with Crippen LogP contribution in [-0.2, 0) is 0 Å². The summed E-state index contributed by atoms with van der Waals surface area (Å²) in [5.41, 5.74) is 1.94. The number of hydrogen-bond acceptors (Lipinski definition) is 4. The number of aromatic nitrogens is 1. The first-order chi connectivity index (χ1) is 11.2. The van der Waals surface area contributed by atoms with Gasteiger partial charge in [0.2, 0.25) is 0 Å². The third-order valence-corrected chi connectivity index (χ3v) is 4.36. The molecule has 0 unspecified atom stereocenters. The van der Waals surface area contributed by atoms with E-state index in [1.807, 2.05) is 37.3 Å². The highest BCUT2D eigenvalue weighted by Gasteiger charge is 2.15. The van der Waals surface area contributed by atoms with Crippen LogP contribution < -0.4 is 10.1 Å². The first-order valence-electron chi connectivity index (χ1n) is 7.14. The number of aryl methyl sites for hydroxylation is 1. The van der Waals surface area contributed by atoms with Gasteiger partial charge < -0.3 is 10.1 Å². The molecule has 0 radical (unpaired) electrons. The van der Waals surface area contributed by atoms with Crippen LogP contribution in [0.25, 0.3) is 10.6 Å². The van der Waals surface area contributed by atoms with Crippen molar-refractivity contribution in [3.05, 3.63) is 65.2 Å². The predicted molar refractivity (Wildman–Crippen MR) is 93.2 cm³/mol. The maximum atomic E-state index is 12.6. The van der Waals surface area contributed by atoms with Crippen LogP contribution in [0.2, 0.25) is 0 Å². The molecule has 4 nitrogen and oxygen atoms in total. The molecule has 0 fully saturated rings. The highest BCUT2D eigenvalue weighted by molar-refractivity contribution is 7.15. The van der Waals surface area contributed by atoms with Crippen molar-refractivity contribution in [1.29, 1.82) is 0 Å². The summed E-state index contributed by atoms with van der Waals surface area (Å²) in [7, 11) is 1.60. The molecule has 5 heteroatoms. The number of hydrogen-bond donors (Lipinski definition) is 1. The second-order valence-electron chi connectivity index (χ2n) is 5.00. The molecule has 1 N–H and O–H groups in total. The molecule has 0 saturated heterocycles. The largest absolute Gasteiger partial charge is 0.497 e. The number of amides is 1. The highest BCUT2D eigenvalue weighted by Crippen LogP contribution is 2.29. The van der Waals surface area contributed by atoms with Gasteiger partial charge in [-0.3, -0.25) is 9.78 Å². The van der Waals surface area contributed by atoms with E-state index in [0.29, 0.717) is 22.7 Å². The Bertz CT molecular complexity index is 842. The van der Waals surface area contributed by atoms with E-state index in [1.165, 1.54) is 4.88 Å². The van der Waals surface area contributed by atoms with E-state index in [4.69, 9.17) is 4.74 Å². The molecule has 3 aromatic rings. The summed E-state index contributed by atoms with van der Waals surface area (Å²) in [6.45, 7) is 2.03. The van der Waals surface area contributed by atoms with Gasteiger partial charge in [0.05, 0.1) is 23.2 Å². The summed E-state index contributed by atoms with van der Waals surface area (Å²) in [5, 5.41) is 2.90. The maximum absolute atomic E-state index is 12.6. The lowest BCUT2D eigenvalue weighted by molar-refractivity contribution is 0.102. The minimum atomic E-state index is -0.188. The Morgan fingerprint density at radius 3 is 2.78 bits per heavy atom. The topological polar surface area (TPSA) is 51.2 Å².